The molecule has 0 amide bonds. The summed E-state index contributed by atoms with van der Waals surface area (Å²) in [4.78, 5) is 0. The third kappa shape index (κ3) is 4.02. The van der Waals surface area contributed by atoms with Gasteiger partial charge in [-0.2, -0.15) is 5.26 Å². The van der Waals surface area contributed by atoms with Crippen molar-refractivity contribution in [3.8, 4) is 23.3 Å². The Bertz CT molecular complexity index is 535. The summed E-state index contributed by atoms with van der Waals surface area (Å²) in [5.41, 5.74) is 0.661. The van der Waals surface area contributed by atoms with Crippen LogP contribution in [0.25, 0.3) is 0 Å². The van der Waals surface area contributed by atoms with Crippen LogP contribution in [0.5, 0.6) is 17.2 Å². The molecule has 0 radical (unpaired) electrons. The molecule has 0 atom stereocenters. The van der Waals surface area contributed by atoms with Gasteiger partial charge in [0.1, 0.15) is 5.75 Å². The van der Waals surface area contributed by atoms with E-state index < -0.39 is 0 Å². The molecule has 0 aromatic heterocycles. The Morgan fingerprint density at radius 3 is 2.71 bits per heavy atom. The summed E-state index contributed by atoms with van der Waals surface area (Å²) in [7, 11) is 0. The van der Waals surface area contributed by atoms with Gasteiger partial charge in [-0.05, 0) is 32.9 Å². The molecule has 0 fully saturated rings. The standard InChI is InChI=1S/C16H22N2O3/c1-4-18-9-12-7-14-15(21-11-20-14)8-13(12)19-6-5-16(2,3)10-17/h7-8,18H,4-6,9,11H2,1-3H3. The smallest absolute Gasteiger partial charge is 0.231 e. The normalized spacial score (nSPS) is 13.0. The Kier molecular flexibility index (Phi) is 4.92. The summed E-state index contributed by atoms with van der Waals surface area (Å²) >= 11 is 0. The topological polar surface area (TPSA) is 63.5 Å². The molecule has 1 N–H and O–H groups in total. The van der Waals surface area contributed by atoms with Gasteiger partial charge >= 0.3 is 0 Å². The predicted molar refractivity (Wildman–Crippen MR) is 79.5 cm³/mol. The highest BCUT2D eigenvalue weighted by molar-refractivity contribution is 5.51. The largest absolute Gasteiger partial charge is 0.493 e. The molecule has 0 bridgehead atoms. The Morgan fingerprint density at radius 1 is 1.33 bits per heavy atom. The zero-order valence-electron chi connectivity index (χ0n) is 12.9. The molecule has 2 rings (SSSR count). The third-order valence-corrected chi connectivity index (χ3v) is 3.41. The van der Waals surface area contributed by atoms with Crippen molar-refractivity contribution in [2.24, 2.45) is 5.41 Å². The number of nitrogens with one attached hydrogen (secondary N) is 1. The van der Waals surface area contributed by atoms with E-state index in [1.807, 2.05) is 26.0 Å². The molecule has 0 saturated heterocycles. The molecule has 1 aromatic rings. The van der Waals surface area contributed by atoms with Crippen molar-refractivity contribution in [1.29, 1.82) is 5.26 Å². The van der Waals surface area contributed by atoms with E-state index in [0.29, 0.717) is 25.3 Å². The number of nitrogens with zero attached hydrogens (tertiary/aromatic N) is 1. The van der Waals surface area contributed by atoms with E-state index in [4.69, 9.17) is 19.5 Å². The van der Waals surface area contributed by atoms with Crippen molar-refractivity contribution in [2.75, 3.05) is 19.9 Å². The fraction of sp³-hybridized carbons (Fsp3) is 0.562. The second-order valence-electron chi connectivity index (χ2n) is 5.69. The van der Waals surface area contributed by atoms with Crippen LogP contribution in [-0.2, 0) is 6.54 Å². The monoisotopic (exact) mass is 290 g/mol. The molecule has 0 aliphatic carbocycles. The minimum absolute atomic E-state index is 0.251. The lowest BCUT2D eigenvalue weighted by Gasteiger charge is -2.17. The van der Waals surface area contributed by atoms with Crippen molar-refractivity contribution in [2.45, 2.75) is 33.7 Å². The first-order chi connectivity index (χ1) is 10.1. The van der Waals surface area contributed by atoms with Gasteiger partial charge in [0.2, 0.25) is 6.79 Å². The minimum atomic E-state index is -0.377. The van der Waals surface area contributed by atoms with Gasteiger partial charge < -0.3 is 19.5 Å². The summed E-state index contributed by atoms with van der Waals surface area (Å²) in [6.07, 6.45) is 0.679. The summed E-state index contributed by atoms with van der Waals surface area (Å²) in [5.74, 6) is 2.26. The van der Waals surface area contributed by atoms with Crippen LogP contribution >= 0.6 is 0 Å². The van der Waals surface area contributed by atoms with Crippen LogP contribution in [0.15, 0.2) is 12.1 Å². The molecular weight excluding hydrogens is 268 g/mol. The summed E-state index contributed by atoms with van der Waals surface area (Å²) < 4.78 is 16.7. The zero-order valence-corrected chi connectivity index (χ0v) is 12.9. The van der Waals surface area contributed by atoms with Gasteiger partial charge in [0.25, 0.3) is 0 Å². The Labute approximate surface area is 125 Å². The molecule has 5 heteroatoms. The Morgan fingerprint density at radius 2 is 2.05 bits per heavy atom. The number of ether oxygens (including phenoxy) is 3. The van der Waals surface area contributed by atoms with Crippen molar-refractivity contribution < 1.29 is 14.2 Å². The number of nitriles is 1. The number of benzene rings is 1. The van der Waals surface area contributed by atoms with Crippen molar-refractivity contribution in [3.63, 3.8) is 0 Å². The predicted octanol–water partition coefficient (Wildman–Crippen LogP) is 2.84. The van der Waals surface area contributed by atoms with Gasteiger partial charge in [-0.25, -0.2) is 0 Å². The molecule has 0 saturated carbocycles. The van der Waals surface area contributed by atoms with Gasteiger partial charge in [0.05, 0.1) is 18.1 Å². The van der Waals surface area contributed by atoms with Crippen LogP contribution in [0, 0.1) is 16.7 Å². The first kappa shape index (κ1) is 15.5. The maximum atomic E-state index is 9.04. The molecule has 0 spiro atoms. The average Bonchev–Trinajstić information content (AvgIpc) is 2.91. The molecule has 0 unspecified atom stereocenters. The SMILES string of the molecule is CCNCc1cc2c(cc1OCCC(C)(C)C#N)OCO2. The van der Waals surface area contributed by atoms with E-state index in [1.165, 1.54) is 0 Å². The Hall–Kier alpha value is -1.93. The van der Waals surface area contributed by atoms with Crippen LogP contribution in [0.1, 0.15) is 32.8 Å². The molecule has 5 nitrogen and oxygen atoms in total. The van der Waals surface area contributed by atoms with Crippen molar-refractivity contribution in [3.05, 3.63) is 17.7 Å². The molecular formula is C16H22N2O3. The van der Waals surface area contributed by atoms with Gasteiger partial charge in [-0.3, -0.25) is 0 Å². The molecule has 1 heterocycles. The van der Waals surface area contributed by atoms with Crippen LogP contribution in [0.4, 0.5) is 0 Å². The Balaban J connectivity index is 2.08. The molecule has 1 aromatic carbocycles. The van der Waals surface area contributed by atoms with E-state index >= 15 is 0 Å². The third-order valence-electron chi connectivity index (χ3n) is 3.41. The number of rotatable bonds is 7. The molecule has 1 aliphatic heterocycles. The van der Waals surface area contributed by atoms with Crippen molar-refractivity contribution >= 4 is 0 Å². The summed E-state index contributed by atoms with van der Waals surface area (Å²) in [6, 6.07) is 6.10. The van der Waals surface area contributed by atoms with Crippen LogP contribution in [0.3, 0.4) is 0 Å². The van der Waals surface area contributed by atoms with Crippen LogP contribution < -0.4 is 19.5 Å². The van der Waals surface area contributed by atoms with Gasteiger partial charge in [0, 0.05) is 18.2 Å². The summed E-state index contributed by atoms with van der Waals surface area (Å²) in [6.45, 7) is 8.23. The second-order valence-corrected chi connectivity index (χ2v) is 5.69. The lowest BCUT2D eigenvalue weighted by atomic mass is 9.92. The van der Waals surface area contributed by atoms with Gasteiger partial charge in [0.15, 0.2) is 11.5 Å². The van der Waals surface area contributed by atoms with Gasteiger partial charge in [-0.15, -0.1) is 0 Å². The van der Waals surface area contributed by atoms with E-state index in [1.54, 1.807) is 0 Å². The quantitative estimate of drug-likeness (QED) is 0.836. The molecule has 1 aliphatic rings. The first-order valence-electron chi connectivity index (χ1n) is 7.23. The number of hydrogen-bond acceptors (Lipinski definition) is 5. The number of hydrogen-bond donors (Lipinski definition) is 1. The fourth-order valence-electron chi connectivity index (χ4n) is 1.97. The molecule has 114 valence electrons. The average molecular weight is 290 g/mol. The number of fused-ring (bicyclic) bond motifs is 1. The maximum Gasteiger partial charge on any atom is 0.231 e. The summed E-state index contributed by atoms with van der Waals surface area (Å²) in [5, 5.41) is 12.3. The highest BCUT2D eigenvalue weighted by Crippen LogP contribution is 2.38. The lowest BCUT2D eigenvalue weighted by Crippen LogP contribution is -2.15. The van der Waals surface area contributed by atoms with E-state index in [9.17, 15) is 0 Å². The highest BCUT2D eigenvalue weighted by atomic mass is 16.7. The fourth-order valence-corrected chi connectivity index (χ4v) is 1.97. The maximum absolute atomic E-state index is 9.04. The van der Waals surface area contributed by atoms with Crippen molar-refractivity contribution in [1.82, 2.24) is 5.32 Å². The van der Waals surface area contributed by atoms with E-state index in [2.05, 4.69) is 18.3 Å². The van der Waals surface area contributed by atoms with E-state index in [-0.39, 0.29) is 12.2 Å². The van der Waals surface area contributed by atoms with Crippen LogP contribution in [0.2, 0.25) is 0 Å². The molecule has 21 heavy (non-hydrogen) atoms. The van der Waals surface area contributed by atoms with Crippen LogP contribution in [-0.4, -0.2) is 19.9 Å². The first-order valence-corrected chi connectivity index (χ1v) is 7.23. The van der Waals surface area contributed by atoms with E-state index in [0.717, 1.165) is 23.6 Å². The zero-order chi connectivity index (χ0) is 15.3. The minimum Gasteiger partial charge on any atom is -0.493 e. The second kappa shape index (κ2) is 6.68. The highest BCUT2D eigenvalue weighted by Gasteiger charge is 2.20. The van der Waals surface area contributed by atoms with Gasteiger partial charge in [-0.1, -0.05) is 6.92 Å². The lowest BCUT2D eigenvalue weighted by molar-refractivity contribution is 0.173.